The van der Waals surface area contributed by atoms with Crippen LogP contribution < -0.4 is 10.1 Å². The molecule has 2 aromatic rings. The first-order valence-electron chi connectivity index (χ1n) is 9.39. The normalized spacial score (nSPS) is 15.9. The summed E-state index contributed by atoms with van der Waals surface area (Å²) in [6.45, 7) is 3.21. The van der Waals surface area contributed by atoms with Crippen molar-refractivity contribution < 1.29 is 23.8 Å². The van der Waals surface area contributed by atoms with Gasteiger partial charge in [-0.25, -0.2) is 4.79 Å². The van der Waals surface area contributed by atoms with Gasteiger partial charge in [-0.15, -0.1) is 10.2 Å². The molecular weight excluding hydrogens is 396 g/mol. The molecule has 0 saturated carbocycles. The average Bonchev–Trinajstić information content (AvgIpc) is 3.37. The number of rotatable bonds is 8. The Morgan fingerprint density at radius 1 is 1.31 bits per heavy atom. The van der Waals surface area contributed by atoms with E-state index in [1.807, 2.05) is 28.8 Å². The number of carbonyl (C=O) groups is 2. The van der Waals surface area contributed by atoms with Crippen molar-refractivity contribution in [3.8, 4) is 17.1 Å². The van der Waals surface area contributed by atoms with Gasteiger partial charge in [-0.2, -0.15) is 0 Å². The van der Waals surface area contributed by atoms with Crippen LogP contribution in [0.5, 0.6) is 5.75 Å². The van der Waals surface area contributed by atoms with Gasteiger partial charge in [0.1, 0.15) is 5.75 Å². The van der Waals surface area contributed by atoms with E-state index < -0.39 is 12.0 Å². The average molecular weight is 420 g/mol. The molecule has 9 nitrogen and oxygen atoms in total. The number of amides is 2. The summed E-state index contributed by atoms with van der Waals surface area (Å²) in [4.78, 5) is 23.4. The minimum Gasteiger partial charge on any atom is -0.497 e. The third kappa shape index (κ3) is 5.70. The van der Waals surface area contributed by atoms with Gasteiger partial charge in [0.25, 0.3) is 0 Å². The summed E-state index contributed by atoms with van der Waals surface area (Å²) in [5.41, 5.74) is 0.888. The van der Waals surface area contributed by atoms with Gasteiger partial charge in [0.05, 0.1) is 32.1 Å². The van der Waals surface area contributed by atoms with Crippen LogP contribution in [-0.2, 0) is 20.8 Å². The molecule has 3 rings (SSSR count). The van der Waals surface area contributed by atoms with Crippen molar-refractivity contribution in [3.63, 3.8) is 0 Å². The van der Waals surface area contributed by atoms with Gasteiger partial charge < -0.3 is 14.2 Å². The number of methoxy groups -OCH3 is 1. The number of carbonyl (C=O) groups excluding carboxylic acids is 2. The lowest BCUT2D eigenvalue weighted by atomic mass is 10.2. The van der Waals surface area contributed by atoms with Crippen LogP contribution in [0.25, 0.3) is 11.4 Å². The van der Waals surface area contributed by atoms with Gasteiger partial charge in [-0.1, -0.05) is 11.8 Å². The van der Waals surface area contributed by atoms with Crippen LogP contribution >= 0.6 is 11.8 Å². The van der Waals surface area contributed by atoms with Gasteiger partial charge in [0, 0.05) is 12.2 Å². The summed E-state index contributed by atoms with van der Waals surface area (Å²) in [5, 5.41) is 11.3. The predicted octanol–water partition coefficient (Wildman–Crippen LogP) is 2.50. The molecule has 1 aliphatic heterocycles. The summed E-state index contributed by atoms with van der Waals surface area (Å²) >= 11 is 1.21. The number of aromatic nitrogens is 3. The number of imide groups is 1. The third-order valence-electron chi connectivity index (χ3n) is 4.32. The molecule has 29 heavy (non-hydrogen) atoms. The molecule has 1 aliphatic rings. The van der Waals surface area contributed by atoms with Crippen LogP contribution in [0.2, 0.25) is 0 Å². The summed E-state index contributed by atoms with van der Waals surface area (Å²) in [7, 11) is 1.62. The SMILES string of the molecule is CCOC(=O)NC(=O)CSc1nnc(-c2ccc(OC)cc2)n1C[C@H]1CCCO1. The van der Waals surface area contributed by atoms with Gasteiger partial charge in [0.15, 0.2) is 11.0 Å². The van der Waals surface area contributed by atoms with Crippen molar-refractivity contribution in [3.05, 3.63) is 24.3 Å². The largest absolute Gasteiger partial charge is 0.497 e. The molecule has 2 amide bonds. The first-order valence-corrected chi connectivity index (χ1v) is 10.4. The highest BCUT2D eigenvalue weighted by Gasteiger charge is 2.22. The van der Waals surface area contributed by atoms with Gasteiger partial charge in [0.2, 0.25) is 5.91 Å². The highest BCUT2D eigenvalue weighted by molar-refractivity contribution is 7.99. The highest BCUT2D eigenvalue weighted by Crippen LogP contribution is 2.27. The van der Waals surface area contributed by atoms with Crippen molar-refractivity contribution in [2.24, 2.45) is 0 Å². The molecule has 1 aromatic carbocycles. The number of hydrogen-bond acceptors (Lipinski definition) is 8. The molecule has 2 heterocycles. The fourth-order valence-electron chi connectivity index (χ4n) is 2.95. The van der Waals surface area contributed by atoms with Crippen LogP contribution in [0.3, 0.4) is 0 Å². The molecule has 1 N–H and O–H groups in total. The first kappa shape index (κ1) is 21.1. The molecule has 156 valence electrons. The number of benzene rings is 1. The van der Waals surface area contributed by atoms with Crippen LogP contribution in [0.15, 0.2) is 29.4 Å². The van der Waals surface area contributed by atoms with Gasteiger partial charge >= 0.3 is 6.09 Å². The number of nitrogens with one attached hydrogen (secondary N) is 1. The Morgan fingerprint density at radius 3 is 2.76 bits per heavy atom. The van der Waals surface area contributed by atoms with Gasteiger partial charge in [-0.05, 0) is 44.0 Å². The van der Waals surface area contributed by atoms with E-state index in [0.717, 1.165) is 30.8 Å². The van der Waals surface area contributed by atoms with E-state index >= 15 is 0 Å². The predicted molar refractivity (Wildman–Crippen MR) is 107 cm³/mol. The number of alkyl carbamates (subject to hydrolysis) is 1. The second kappa shape index (κ2) is 10.3. The molecule has 1 fully saturated rings. The van der Waals surface area contributed by atoms with Crippen LogP contribution in [-0.4, -0.2) is 58.9 Å². The molecule has 0 bridgehead atoms. The van der Waals surface area contributed by atoms with E-state index in [1.165, 1.54) is 11.8 Å². The van der Waals surface area contributed by atoms with Crippen molar-refractivity contribution in [1.29, 1.82) is 0 Å². The van der Waals surface area contributed by atoms with Crippen molar-refractivity contribution in [1.82, 2.24) is 20.1 Å². The van der Waals surface area contributed by atoms with Gasteiger partial charge in [-0.3, -0.25) is 14.7 Å². The van der Waals surface area contributed by atoms with E-state index in [2.05, 4.69) is 15.5 Å². The minimum atomic E-state index is -0.752. The summed E-state index contributed by atoms with van der Waals surface area (Å²) in [5.74, 6) is 1.01. The number of thioether (sulfide) groups is 1. The maximum atomic E-state index is 12.0. The number of hydrogen-bond donors (Lipinski definition) is 1. The number of ether oxygens (including phenoxy) is 3. The van der Waals surface area contributed by atoms with Crippen LogP contribution in [0, 0.1) is 0 Å². The Morgan fingerprint density at radius 2 is 2.10 bits per heavy atom. The fraction of sp³-hybridized carbons (Fsp3) is 0.474. The lowest BCUT2D eigenvalue weighted by molar-refractivity contribution is -0.117. The lowest BCUT2D eigenvalue weighted by Crippen LogP contribution is -2.32. The molecule has 0 radical (unpaired) electrons. The van der Waals surface area contributed by atoms with E-state index in [1.54, 1.807) is 14.0 Å². The molecule has 1 atom stereocenters. The van der Waals surface area contributed by atoms with Crippen LogP contribution in [0.4, 0.5) is 4.79 Å². The van der Waals surface area contributed by atoms with Crippen LogP contribution in [0.1, 0.15) is 19.8 Å². The first-order chi connectivity index (χ1) is 14.1. The molecule has 0 unspecified atom stereocenters. The highest BCUT2D eigenvalue weighted by atomic mass is 32.2. The van der Waals surface area contributed by atoms with Crippen molar-refractivity contribution in [2.45, 2.75) is 37.6 Å². The molecule has 1 aromatic heterocycles. The van der Waals surface area contributed by atoms with E-state index in [0.29, 0.717) is 17.5 Å². The summed E-state index contributed by atoms with van der Waals surface area (Å²) < 4.78 is 17.7. The standard InChI is InChI=1S/C19H24N4O5S/c1-3-27-19(25)20-16(24)12-29-18-22-21-17(13-6-8-14(26-2)9-7-13)23(18)11-15-5-4-10-28-15/h6-9,15H,3-5,10-12H2,1-2H3,(H,20,24,25)/t15-/m1/s1. The topological polar surface area (TPSA) is 105 Å². The molecule has 0 spiro atoms. The van der Waals surface area contributed by atoms with E-state index in [9.17, 15) is 9.59 Å². The second-order valence-corrected chi connectivity index (χ2v) is 7.28. The lowest BCUT2D eigenvalue weighted by Gasteiger charge is -2.15. The molecule has 0 aliphatic carbocycles. The maximum absolute atomic E-state index is 12.0. The minimum absolute atomic E-state index is 0.0189. The number of nitrogens with zero attached hydrogens (tertiary/aromatic N) is 3. The molecular formula is C19H24N4O5S. The Labute approximate surface area is 173 Å². The Hall–Kier alpha value is -2.59. The fourth-order valence-corrected chi connectivity index (χ4v) is 3.70. The van der Waals surface area contributed by atoms with E-state index in [4.69, 9.17) is 14.2 Å². The zero-order chi connectivity index (χ0) is 20.6. The zero-order valence-electron chi connectivity index (χ0n) is 16.4. The third-order valence-corrected chi connectivity index (χ3v) is 5.29. The zero-order valence-corrected chi connectivity index (χ0v) is 17.2. The maximum Gasteiger partial charge on any atom is 0.413 e. The Kier molecular flexibility index (Phi) is 7.48. The van der Waals surface area contributed by atoms with Crippen molar-refractivity contribution >= 4 is 23.8 Å². The monoisotopic (exact) mass is 420 g/mol. The Balaban J connectivity index is 1.75. The molecule has 1 saturated heterocycles. The molecule has 10 heteroatoms. The van der Waals surface area contributed by atoms with Crippen molar-refractivity contribution in [2.75, 3.05) is 26.1 Å². The summed E-state index contributed by atoms with van der Waals surface area (Å²) in [6, 6.07) is 7.55. The Bertz CT molecular complexity index is 834. The smallest absolute Gasteiger partial charge is 0.413 e. The van der Waals surface area contributed by atoms with E-state index in [-0.39, 0.29) is 18.5 Å². The summed E-state index contributed by atoms with van der Waals surface area (Å²) in [6.07, 6.45) is 1.32. The quantitative estimate of drug-likeness (QED) is 0.650. The second-order valence-electron chi connectivity index (χ2n) is 6.34.